The Morgan fingerprint density at radius 1 is 1.23 bits per heavy atom. The third kappa shape index (κ3) is 2.58. The van der Waals surface area contributed by atoms with Gasteiger partial charge in [-0.1, -0.05) is 45.4 Å². The van der Waals surface area contributed by atoms with Crippen LogP contribution < -0.4 is 0 Å². The number of aryl methyl sites for hydroxylation is 2. The minimum Gasteiger partial charge on any atom is -0.0651 e. The van der Waals surface area contributed by atoms with Crippen LogP contribution in [0.4, 0.5) is 0 Å². The van der Waals surface area contributed by atoms with E-state index in [4.69, 9.17) is 0 Å². The molecule has 1 aromatic rings. The van der Waals surface area contributed by atoms with Gasteiger partial charge in [-0.3, -0.25) is 0 Å². The number of rotatable bonds is 3. The molecule has 0 heteroatoms. The van der Waals surface area contributed by atoms with Crippen LogP contribution in [0.25, 0.3) is 0 Å². The molecule has 0 saturated carbocycles. The maximum Gasteiger partial charge on any atom is -0.0219 e. The first-order valence-electron chi connectivity index (χ1n) is 5.24. The van der Waals surface area contributed by atoms with Crippen molar-refractivity contribution in [2.24, 2.45) is 0 Å². The fourth-order valence-corrected chi connectivity index (χ4v) is 1.59. The lowest BCUT2D eigenvalue weighted by Gasteiger charge is -2.10. The Labute approximate surface area is 82.0 Å². The first-order chi connectivity index (χ1) is 6.15. The summed E-state index contributed by atoms with van der Waals surface area (Å²) in [5.74, 6) is 0.649. The van der Waals surface area contributed by atoms with Gasteiger partial charge >= 0.3 is 0 Å². The lowest BCUT2D eigenvalue weighted by atomic mass is 9.96. The first-order valence-corrected chi connectivity index (χ1v) is 5.24. The molecule has 0 amide bonds. The van der Waals surface area contributed by atoms with Crippen molar-refractivity contribution in [3.8, 4) is 0 Å². The molecule has 0 aliphatic carbocycles. The highest BCUT2D eigenvalue weighted by atomic mass is 14.1. The molecule has 13 heavy (non-hydrogen) atoms. The van der Waals surface area contributed by atoms with Crippen LogP contribution in [0.3, 0.4) is 0 Å². The summed E-state index contributed by atoms with van der Waals surface area (Å²) < 4.78 is 0. The quantitative estimate of drug-likeness (QED) is 0.651. The van der Waals surface area contributed by atoms with E-state index in [-0.39, 0.29) is 0 Å². The van der Waals surface area contributed by atoms with Crippen LogP contribution in [0.5, 0.6) is 0 Å². The second kappa shape index (κ2) is 4.45. The molecule has 1 aromatic carbocycles. The van der Waals surface area contributed by atoms with E-state index in [1.54, 1.807) is 0 Å². The zero-order valence-electron chi connectivity index (χ0n) is 9.22. The molecule has 0 aromatic heterocycles. The van der Waals surface area contributed by atoms with Crippen molar-refractivity contribution >= 4 is 0 Å². The number of hydrogen-bond acceptors (Lipinski definition) is 0. The second-order valence-electron chi connectivity index (χ2n) is 4.09. The zero-order chi connectivity index (χ0) is 9.84. The zero-order valence-corrected chi connectivity index (χ0v) is 9.22. The summed E-state index contributed by atoms with van der Waals surface area (Å²) in [6.45, 7) is 8.94. The summed E-state index contributed by atoms with van der Waals surface area (Å²) >= 11 is 0. The van der Waals surface area contributed by atoms with Crippen LogP contribution in [-0.4, -0.2) is 0 Å². The van der Waals surface area contributed by atoms with Crippen molar-refractivity contribution in [3.05, 3.63) is 34.9 Å². The van der Waals surface area contributed by atoms with E-state index in [1.807, 2.05) is 0 Å². The summed E-state index contributed by atoms with van der Waals surface area (Å²) in [5, 5.41) is 0. The molecule has 0 spiro atoms. The van der Waals surface area contributed by atoms with E-state index in [1.165, 1.54) is 29.5 Å². The Bertz CT molecular complexity index is 271. The molecule has 0 N–H and O–H groups in total. The summed E-state index contributed by atoms with van der Waals surface area (Å²) in [5.41, 5.74) is 4.43. The van der Waals surface area contributed by atoms with Crippen molar-refractivity contribution in [3.63, 3.8) is 0 Å². The van der Waals surface area contributed by atoms with Crippen molar-refractivity contribution in [1.82, 2.24) is 0 Å². The van der Waals surface area contributed by atoms with E-state index >= 15 is 0 Å². The standard InChI is InChI=1S/C13H20/c1-5-6-13-9-12(10(2)3)8-7-11(13)4/h7-10H,5-6H2,1-4H3. The number of hydrogen-bond donors (Lipinski definition) is 0. The van der Waals surface area contributed by atoms with Gasteiger partial charge in [0, 0.05) is 0 Å². The average Bonchev–Trinajstić information content (AvgIpc) is 2.08. The van der Waals surface area contributed by atoms with E-state index in [0.29, 0.717) is 5.92 Å². The van der Waals surface area contributed by atoms with Crippen molar-refractivity contribution in [2.75, 3.05) is 0 Å². The fraction of sp³-hybridized carbons (Fsp3) is 0.538. The Kier molecular flexibility index (Phi) is 3.53. The molecular weight excluding hydrogens is 156 g/mol. The summed E-state index contributed by atoms with van der Waals surface area (Å²) in [6, 6.07) is 6.86. The van der Waals surface area contributed by atoms with Crippen LogP contribution in [0.2, 0.25) is 0 Å². The first kappa shape index (κ1) is 10.3. The topological polar surface area (TPSA) is 0 Å². The molecule has 0 radical (unpaired) electrons. The normalized spacial score (nSPS) is 10.8. The van der Waals surface area contributed by atoms with Crippen molar-refractivity contribution < 1.29 is 0 Å². The molecule has 0 saturated heterocycles. The Morgan fingerprint density at radius 3 is 2.46 bits per heavy atom. The molecule has 0 aliphatic heterocycles. The minimum absolute atomic E-state index is 0.649. The highest BCUT2D eigenvalue weighted by Gasteiger charge is 2.02. The molecule has 0 fully saturated rings. The molecule has 72 valence electrons. The molecule has 1 rings (SSSR count). The number of benzene rings is 1. The Morgan fingerprint density at radius 2 is 1.92 bits per heavy atom. The molecule has 0 aliphatic rings. The van der Waals surface area contributed by atoms with Crippen LogP contribution in [0.15, 0.2) is 18.2 Å². The lowest BCUT2D eigenvalue weighted by molar-refractivity contribution is 0.850. The van der Waals surface area contributed by atoms with Crippen molar-refractivity contribution in [1.29, 1.82) is 0 Å². The fourth-order valence-electron chi connectivity index (χ4n) is 1.59. The molecule has 0 nitrogen and oxygen atoms in total. The predicted octanol–water partition coefficient (Wildman–Crippen LogP) is 4.07. The van der Waals surface area contributed by atoms with Crippen LogP contribution in [0, 0.1) is 6.92 Å². The summed E-state index contributed by atoms with van der Waals surface area (Å²) in [7, 11) is 0. The highest BCUT2D eigenvalue weighted by molar-refractivity contribution is 5.32. The van der Waals surface area contributed by atoms with Gasteiger partial charge in [0.15, 0.2) is 0 Å². The van der Waals surface area contributed by atoms with Gasteiger partial charge in [0.25, 0.3) is 0 Å². The van der Waals surface area contributed by atoms with E-state index in [2.05, 4.69) is 45.9 Å². The third-order valence-electron chi connectivity index (χ3n) is 2.56. The van der Waals surface area contributed by atoms with E-state index < -0.39 is 0 Å². The highest BCUT2D eigenvalue weighted by Crippen LogP contribution is 2.19. The van der Waals surface area contributed by atoms with Crippen LogP contribution >= 0.6 is 0 Å². The molecule has 0 atom stereocenters. The maximum atomic E-state index is 2.36. The SMILES string of the molecule is CCCc1cc(C(C)C)ccc1C. The van der Waals surface area contributed by atoms with Gasteiger partial charge < -0.3 is 0 Å². The monoisotopic (exact) mass is 176 g/mol. The van der Waals surface area contributed by atoms with E-state index in [9.17, 15) is 0 Å². The maximum absolute atomic E-state index is 2.36. The van der Waals surface area contributed by atoms with Gasteiger partial charge in [0.05, 0.1) is 0 Å². The van der Waals surface area contributed by atoms with Crippen LogP contribution in [-0.2, 0) is 6.42 Å². The van der Waals surface area contributed by atoms with Crippen LogP contribution in [0.1, 0.15) is 49.8 Å². The van der Waals surface area contributed by atoms with Crippen molar-refractivity contribution in [2.45, 2.75) is 46.5 Å². The van der Waals surface area contributed by atoms with Gasteiger partial charge in [-0.25, -0.2) is 0 Å². The van der Waals surface area contributed by atoms with E-state index in [0.717, 1.165) is 0 Å². The average molecular weight is 176 g/mol. The molecule has 0 heterocycles. The molecule has 0 unspecified atom stereocenters. The minimum atomic E-state index is 0.649. The second-order valence-corrected chi connectivity index (χ2v) is 4.09. The molecular formula is C13H20. The summed E-state index contributed by atoms with van der Waals surface area (Å²) in [6.07, 6.45) is 2.45. The van der Waals surface area contributed by atoms with Gasteiger partial charge in [0.2, 0.25) is 0 Å². The Hall–Kier alpha value is -0.780. The van der Waals surface area contributed by atoms with Gasteiger partial charge in [-0.2, -0.15) is 0 Å². The summed E-state index contributed by atoms with van der Waals surface area (Å²) in [4.78, 5) is 0. The lowest BCUT2D eigenvalue weighted by Crippen LogP contribution is -1.93. The largest absolute Gasteiger partial charge is 0.0651 e. The predicted molar refractivity (Wildman–Crippen MR) is 59.3 cm³/mol. The van der Waals surface area contributed by atoms with Gasteiger partial charge in [0.1, 0.15) is 0 Å². The third-order valence-corrected chi connectivity index (χ3v) is 2.56. The molecule has 0 bridgehead atoms. The smallest absolute Gasteiger partial charge is 0.0219 e. The van der Waals surface area contributed by atoms with Gasteiger partial charge in [-0.15, -0.1) is 0 Å². The Balaban J connectivity index is 2.97. The van der Waals surface area contributed by atoms with Gasteiger partial charge in [-0.05, 0) is 36.0 Å².